The van der Waals surface area contributed by atoms with Crippen LogP contribution in [0, 0.1) is 92.7 Å². The molecule has 0 heterocycles. The van der Waals surface area contributed by atoms with Gasteiger partial charge in [-0.1, -0.05) is 61.3 Å². The standard InChI is InChI=1S/C27H44O4.C24H38O2/c1-16(6-9-23(30)25(2,3)31)19-7-8-20-24-21(11-13-27(19,20)5)26(4)12-10-18(28)14-17(26)15-22(24)29;1-5-6-15(2)18-7-8-19-22-20(10-12-24(18,19)4)23(3)11-9-17(25)13-16(23)14-21(22)26/h16-17,19-21,23-24,30-31H,6-15H2,1-5H3;15-16,18-20,22H,5-14H2,1-4H3/t16-,17+,19-,20+,21+,23?,24+,26+,27-;15-,16+,18-,19+,20+,22+,23+,24-/m11/s1. The Hall–Kier alpha value is -1.40. The zero-order chi connectivity index (χ0) is 41.5. The average Bonchev–Trinajstić information content (AvgIpc) is 3.68. The highest BCUT2D eigenvalue weighted by atomic mass is 16.3. The molecule has 0 bridgehead atoms. The van der Waals surface area contributed by atoms with Crippen molar-refractivity contribution < 1.29 is 29.4 Å². The van der Waals surface area contributed by atoms with Gasteiger partial charge in [0.2, 0.25) is 0 Å². The van der Waals surface area contributed by atoms with Gasteiger partial charge < -0.3 is 10.2 Å². The molecule has 0 spiro atoms. The second kappa shape index (κ2) is 15.8. The predicted octanol–water partition coefficient (Wildman–Crippen LogP) is 10.8. The summed E-state index contributed by atoms with van der Waals surface area (Å²) in [4.78, 5) is 50.9. The van der Waals surface area contributed by atoms with Crippen LogP contribution in [0.15, 0.2) is 0 Å². The van der Waals surface area contributed by atoms with Crippen LogP contribution in [0.5, 0.6) is 0 Å². The lowest BCUT2D eigenvalue weighted by atomic mass is 9.44. The minimum Gasteiger partial charge on any atom is -0.390 e. The Balaban J connectivity index is 0.000000177. The second-order valence-electron chi connectivity index (χ2n) is 23.7. The van der Waals surface area contributed by atoms with Gasteiger partial charge in [-0.3, -0.25) is 19.2 Å². The van der Waals surface area contributed by atoms with Crippen LogP contribution in [-0.4, -0.2) is 45.1 Å². The maximum absolute atomic E-state index is 13.4. The van der Waals surface area contributed by atoms with Crippen LogP contribution >= 0.6 is 0 Å². The van der Waals surface area contributed by atoms with Gasteiger partial charge in [0.25, 0.3) is 0 Å². The summed E-state index contributed by atoms with van der Waals surface area (Å²) < 4.78 is 0. The first kappa shape index (κ1) is 43.7. The van der Waals surface area contributed by atoms with Gasteiger partial charge in [0, 0.05) is 50.4 Å². The number of hydrogen-bond donors (Lipinski definition) is 2. The van der Waals surface area contributed by atoms with E-state index in [0.717, 1.165) is 50.4 Å². The zero-order valence-corrected chi connectivity index (χ0v) is 37.7. The molecule has 0 radical (unpaired) electrons. The third-order valence-electron chi connectivity index (χ3n) is 20.5. The minimum atomic E-state index is -1.05. The molecule has 0 aromatic rings. The van der Waals surface area contributed by atoms with Gasteiger partial charge >= 0.3 is 0 Å². The molecule has 0 aliphatic heterocycles. The molecule has 0 saturated heterocycles. The number of aliphatic hydroxyl groups excluding tert-OH is 1. The van der Waals surface area contributed by atoms with Gasteiger partial charge in [0.15, 0.2) is 0 Å². The Morgan fingerprint density at radius 2 is 0.982 bits per heavy atom. The number of Topliss-reactive ketones (excluding diaryl/α,β-unsaturated/α-hetero) is 4. The number of fused-ring (bicyclic) bond motifs is 10. The molecule has 0 aromatic heterocycles. The Morgan fingerprint density at radius 1 is 0.579 bits per heavy atom. The molecule has 8 rings (SSSR count). The van der Waals surface area contributed by atoms with Crippen molar-refractivity contribution in [2.24, 2.45) is 92.7 Å². The number of aliphatic hydroxyl groups is 2. The highest BCUT2D eigenvalue weighted by molar-refractivity contribution is 5.87. The number of carbonyl (C=O) groups is 4. The van der Waals surface area contributed by atoms with E-state index >= 15 is 0 Å². The number of hydrogen-bond acceptors (Lipinski definition) is 6. The molecule has 0 amide bonds. The highest BCUT2D eigenvalue weighted by Crippen LogP contribution is 2.69. The fourth-order valence-corrected chi connectivity index (χ4v) is 17.0. The molecule has 0 aromatic carbocycles. The van der Waals surface area contributed by atoms with E-state index in [4.69, 9.17) is 0 Å². The summed E-state index contributed by atoms with van der Waals surface area (Å²) >= 11 is 0. The minimum absolute atomic E-state index is 0.161. The van der Waals surface area contributed by atoms with Crippen LogP contribution in [0.25, 0.3) is 0 Å². The summed E-state index contributed by atoms with van der Waals surface area (Å²) in [6, 6.07) is 0. The molecular formula is C51H82O6. The molecule has 8 aliphatic rings. The van der Waals surface area contributed by atoms with E-state index in [1.165, 1.54) is 51.4 Å². The van der Waals surface area contributed by atoms with E-state index in [-0.39, 0.29) is 28.1 Å². The molecule has 57 heavy (non-hydrogen) atoms. The van der Waals surface area contributed by atoms with E-state index in [1.54, 1.807) is 13.8 Å². The molecule has 8 saturated carbocycles. The topological polar surface area (TPSA) is 109 Å². The fraction of sp³-hybridized carbons (Fsp3) is 0.922. The lowest BCUT2D eigenvalue weighted by molar-refractivity contribution is -0.160. The van der Waals surface area contributed by atoms with E-state index < -0.39 is 11.7 Å². The summed E-state index contributed by atoms with van der Waals surface area (Å²) in [6.45, 7) is 20.2. The van der Waals surface area contributed by atoms with Crippen molar-refractivity contribution in [2.45, 2.75) is 202 Å². The Morgan fingerprint density at radius 3 is 1.39 bits per heavy atom. The van der Waals surface area contributed by atoms with Crippen LogP contribution in [-0.2, 0) is 19.2 Å². The monoisotopic (exact) mass is 791 g/mol. The van der Waals surface area contributed by atoms with Crippen molar-refractivity contribution in [1.29, 1.82) is 0 Å². The first-order valence-electron chi connectivity index (χ1n) is 24.2. The smallest absolute Gasteiger partial charge is 0.136 e. The second-order valence-corrected chi connectivity index (χ2v) is 23.7. The van der Waals surface area contributed by atoms with Crippen molar-refractivity contribution in [1.82, 2.24) is 0 Å². The van der Waals surface area contributed by atoms with Crippen molar-refractivity contribution in [3.8, 4) is 0 Å². The van der Waals surface area contributed by atoms with Crippen molar-refractivity contribution in [2.75, 3.05) is 0 Å². The lowest BCUT2D eigenvalue weighted by Crippen LogP contribution is -2.57. The van der Waals surface area contributed by atoms with Crippen LogP contribution in [0.1, 0.15) is 191 Å². The molecular weight excluding hydrogens is 709 g/mol. The molecule has 6 nitrogen and oxygen atoms in total. The van der Waals surface area contributed by atoms with Gasteiger partial charge in [0.1, 0.15) is 23.1 Å². The third-order valence-corrected chi connectivity index (χ3v) is 20.5. The van der Waals surface area contributed by atoms with E-state index in [2.05, 4.69) is 48.5 Å². The van der Waals surface area contributed by atoms with Crippen LogP contribution in [0.4, 0.5) is 0 Å². The predicted molar refractivity (Wildman–Crippen MR) is 226 cm³/mol. The summed E-state index contributed by atoms with van der Waals surface area (Å²) in [5.41, 5.74) is -0.0836. The first-order chi connectivity index (χ1) is 26.7. The third kappa shape index (κ3) is 7.43. The Labute approximate surface area is 346 Å². The lowest BCUT2D eigenvalue weighted by Gasteiger charge is -2.59. The van der Waals surface area contributed by atoms with Gasteiger partial charge in [-0.25, -0.2) is 0 Å². The number of ketones is 4. The summed E-state index contributed by atoms with van der Waals surface area (Å²) in [7, 11) is 0. The van der Waals surface area contributed by atoms with Crippen molar-refractivity contribution in [3.05, 3.63) is 0 Å². The maximum Gasteiger partial charge on any atom is 0.136 e. The quantitative estimate of drug-likeness (QED) is 0.253. The Bertz CT molecular complexity index is 1540. The van der Waals surface area contributed by atoms with Gasteiger partial charge in [-0.15, -0.1) is 0 Å². The number of carbonyl (C=O) groups excluding carboxylic acids is 4. The average molecular weight is 791 g/mol. The van der Waals surface area contributed by atoms with Gasteiger partial charge in [-0.2, -0.15) is 0 Å². The highest BCUT2D eigenvalue weighted by Gasteiger charge is 2.65. The summed E-state index contributed by atoms with van der Waals surface area (Å²) in [5, 5.41) is 20.4. The summed E-state index contributed by atoms with van der Waals surface area (Å²) in [6.07, 6.45) is 19.3. The van der Waals surface area contributed by atoms with Crippen molar-refractivity contribution in [3.63, 3.8) is 0 Å². The van der Waals surface area contributed by atoms with E-state index in [9.17, 15) is 29.4 Å². The molecule has 2 N–H and O–H groups in total. The number of rotatable bonds is 8. The van der Waals surface area contributed by atoms with Crippen LogP contribution < -0.4 is 0 Å². The molecule has 6 heteroatoms. The summed E-state index contributed by atoms with van der Waals surface area (Å²) in [5.74, 6) is 7.54. The van der Waals surface area contributed by atoms with Gasteiger partial charge in [0.05, 0.1) is 11.7 Å². The molecule has 8 fully saturated rings. The zero-order valence-electron chi connectivity index (χ0n) is 37.7. The van der Waals surface area contributed by atoms with Crippen LogP contribution in [0.3, 0.4) is 0 Å². The van der Waals surface area contributed by atoms with E-state index in [1.807, 2.05) is 0 Å². The molecule has 1 unspecified atom stereocenters. The Kier molecular flexibility index (Phi) is 12.1. The van der Waals surface area contributed by atoms with Crippen molar-refractivity contribution >= 4 is 23.1 Å². The van der Waals surface area contributed by atoms with Crippen LogP contribution in [0.2, 0.25) is 0 Å². The normalized spacial score (nSPS) is 46.9. The molecule has 8 aliphatic carbocycles. The van der Waals surface area contributed by atoms with Gasteiger partial charge in [-0.05, 0) is 172 Å². The van der Waals surface area contributed by atoms with E-state index in [0.29, 0.717) is 114 Å². The first-order valence-corrected chi connectivity index (χ1v) is 24.2. The fourth-order valence-electron chi connectivity index (χ4n) is 17.0. The molecule has 17 atom stereocenters. The molecule has 322 valence electrons. The maximum atomic E-state index is 13.4. The largest absolute Gasteiger partial charge is 0.390 e. The SMILES string of the molecule is CCC[C@@H](C)[C@H]1CC[C@H]2[C@@H]3C(=O)C[C@@H]4CC(=O)CC[C@]4(C)[C@H]3CC[C@]12C.C[C@H](CCC(O)C(C)(C)O)[C@H]1CC[C@H]2[C@@H]3C(=O)C[C@@H]4CC(=O)CC[C@]4(C)[C@H]3CC[C@]12C.